The molecule has 2 N–H and O–H groups in total. The van der Waals surface area contributed by atoms with Crippen LogP contribution in [0.4, 0.5) is 11.4 Å². The number of ketones is 1. The van der Waals surface area contributed by atoms with Crippen molar-refractivity contribution in [3.05, 3.63) is 69.8 Å². The summed E-state index contributed by atoms with van der Waals surface area (Å²) >= 11 is 3.49. The van der Waals surface area contributed by atoms with Crippen molar-refractivity contribution in [2.75, 3.05) is 10.6 Å². The van der Waals surface area contributed by atoms with E-state index in [0.717, 1.165) is 39.1 Å². The van der Waals surface area contributed by atoms with E-state index in [0.29, 0.717) is 6.42 Å². The summed E-state index contributed by atoms with van der Waals surface area (Å²) < 4.78 is 1.04. The number of allylic oxidation sites excluding steroid dienone is 1. The van der Waals surface area contributed by atoms with E-state index in [-0.39, 0.29) is 17.2 Å². The Balaban J connectivity index is 1.88. The smallest absolute Gasteiger partial charge is 0.163 e. The van der Waals surface area contributed by atoms with Crippen LogP contribution in [-0.2, 0) is 4.79 Å². The second kappa shape index (κ2) is 6.03. The van der Waals surface area contributed by atoms with Crippen LogP contribution in [0.15, 0.2) is 64.3 Å². The van der Waals surface area contributed by atoms with Gasteiger partial charge in [-0.1, -0.05) is 54.0 Å². The highest BCUT2D eigenvalue weighted by Crippen LogP contribution is 2.45. The fraction of sp³-hybridized carbons (Fsp3) is 0.286. The van der Waals surface area contributed by atoms with Gasteiger partial charge in [0.05, 0.1) is 17.4 Å². The summed E-state index contributed by atoms with van der Waals surface area (Å²) in [5.74, 6) is 0.229. The minimum atomic E-state index is -0.136. The molecule has 0 aromatic heterocycles. The SMILES string of the molecule is CC1(C)CC(=O)C2=C(C1)Nc1ccccc1N[C@H]2c1ccc(Br)cc1. The van der Waals surface area contributed by atoms with E-state index in [2.05, 4.69) is 64.7 Å². The minimum absolute atomic E-state index is 0.0214. The quantitative estimate of drug-likeness (QED) is 0.651. The summed E-state index contributed by atoms with van der Waals surface area (Å²) in [7, 11) is 0. The second-order valence-corrected chi connectivity index (χ2v) is 8.55. The molecule has 4 rings (SSSR count). The average Bonchev–Trinajstić information content (AvgIpc) is 2.70. The van der Waals surface area contributed by atoms with Crippen LogP contribution < -0.4 is 10.6 Å². The lowest BCUT2D eigenvalue weighted by Crippen LogP contribution is -2.31. The maximum Gasteiger partial charge on any atom is 0.163 e. The molecule has 1 aliphatic heterocycles. The van der Waals surface area contributed by atoms with Crippen molar-refractivity contribution in [2.45, 2.75) is 32.7 Å². The molecular weight excluding hydrogens is 376 g/mol. The van der Waals surface area contributed by atoms with Gasteiger partial charge in [-0.2, -0.15) is 0 Å². The Morgan fingerprint density at radius 1 is 1.00 bits per heavy atom. The van der Waals surface area contributed by atoms with Crippen LogP contribution in [0, 0.1) is 5.41 Å². The molecule has 0 fully saturated rings. The van der Waals surface area contributed by atoms with Crippen molar-refractivity contribution >= 4 is 33.1 Å². The zero-order valence-electron chi connectivity index (χ0n) is 14.4. The number of hydrogen-bond acceptors (Lipinski definition) is 3. The lowest BCUT2D eigenvalue weighted by Gasteiger charge is -2.34. The first kappa shape index (κ1) is 16.4. The zero-order valence-corrected chi connectivity index (χ0v) is 16.0. The number of fused-ring (bicyclic) bond motifs is 1. The molecule has 0 saturated heterocycles. The van der Waals surface area contributed by atoms with Crippen LogP contribution in [0.2, 0.25) is 0 Å². The molecule has 128 valence electrons. The molecular formula is C21H21BrN2O. The van der Waals surface area contributed by atoms with Crippen molar-refractivity contribution in [1.29, 1.82) is 0 Å². The Morgan fingerprint density at radius 2 is 1.68 bits per heavy atom. The van der Waals surface area contributed by atoms with E-state index in [4.69, 9.17) is 0 Å². The lowest BCUT2D eigenvalue weighted by atomic mass is 9.73. The molecule has 0 saturated carbocycles. The average molecular weight is 397 g/mol. The normalized spacial score (nSPS) is 21.6. The molecule has 0 radical (unpaired) electrons. The maximum absolute atomic E-state index is 13.1. The summed E-state index contributed by atoms with van der Waals surface area (Å²) in [4.78, 5) is 13.1. The molecule has 3 nitrogen and oxygen atoms in total. The summed E-state index contributed by atoms with van der Waals surface area (Å²) in [6.45, 7) is 4.32. The predicted molar refractivity (Wildman–Crippen MR) is 106 cm³/mol. The van der Waals surface area contributed by atoms with E-state index in [9.17, 15) is 4.79 Å². The van der Waals surface area contributed by atoms with Gasteiger partial charge in [0.2, 0.25) is 0 Å². The third-order valence-electron chi connectivity index (χ3n) is 4.92. The maximum atomic E-state index is 13.1. The molecule has 1 heterocycles. The van der Waals surface area contributed by atoms with Gasteiger partial charge in [0, 0.05) is 22.2 Å². The van der Waals surface area contributed by atoms with Crippen LogP contribution >= 0.6 is 15.9 Å². The monoisotopic (exact) mass is 396 g/mol. The number of rotatable bonds is 1. The van der Waals surface area contributed by atoms with Gasteiger partial charge >= 0.3 is 0 Å². The largest absolute Gasteiger partial charge is 0.372 e. The summed E-state index contributed by atoms with van der Waals surface area (Å²) in [5, 5.41) is 7.14. The molecule has 4 heteroatoms. The summed E-state index contributed by atoms with van der Waals surface area (Å²) in [6.07, 6.45) is 1.45. The van der Waals surface area contributed by atoms with Gasteiger partial charge in [-0.25, -0.2) is 0 Å². The van der Waals surface area contributed by atoms with Gasteiger partial charge in [-0.3, -0.25) is 4.79 Å². The summed E-state index contributed by atoms with van der Waals surface area (Å²) in [5.41, 5.74) is 5.05. The first-order valence-electron chi connectivity index (χ1n) is 8.57. The van der Waals surface area contributed by atoms with Gasteiger partial charge in [0.25, 0.3) is 0 Å². The molecule has 0 spiro atoms. The van der Waals surface area contributed by atoms with E-state index in [1.54, 1.807) is 0 Å². The number of carbonyl (C=O) groups excluding carboxylic acids is 1. The molecule has 1 aliphatic carbocycles. The van der Waals surface area contributed by atoms with Crippen molar-refractivity contribution in [1.82, 2.24) is 0 Å². The minimum Gasteiger partial charge on any atom is -0.372 e. The van der Waals surface area contributed by atoms with Crippen molar-refractivity contribution in [3.63, 3.8) is 0 Å². The van der Waals surface area contributed by atoms with Gasteiger partial charge in [0.15, 0.2) is 5.78 Å². The van der Waals surface area contributed by atoms with Crippen molar-refractivity contribution < 1.29 is 4.79 Å². The molecule has 0 unspecified atom stereocenters. The highest BCUT2D eigenvalue weighted by atomic mass is 79.9. The van der Waals surface area contributed by atoms with E-state index >= 15 is 0 Å². The Labute approximate surface area is 156 Å². The van der Waals surface area contributed by atoms with Gasteiger partial charge in [-0.05, 0) is 41.7 Å². The standard InChI is InChI=1S/C21H21BrN2O/c1-21(2)11-17-19(18(25)12-21)20(13-7-9-14(22)10-8-13)24-16-6-4-3-5-15(16)23-17/h3-10,20,23-24H,11-12H2,1-2H3/t20-/m0/s1. The summed E-state index contributed by atoms with van der Waals surface area (Å²) in [6, 6.07) is 16.2. The molecule has 2 aliphatic rings. The molecule has 25 heavy (non-hydrogen) atoms. The van der Waals surface area contributed by atoms with Crippen molar-refractivity contribution in [3.8, 4) is 0 Å². The first-order chi connectivity index (χ1) is 11.9. The number of carbonyl (C=O) groups is 1. The first-order valence-corrected chi connectivity index (χ1v) is 9.37. The molecule has 0 amide bonds. The molecule has 1 atom stereocenters. The van der Waals surface area contributed by atoms with E-state index < -0.39 is 0 Å². The Kier molecular flexibility index (Phi) is 3.95. The molecule has 0 bridgehead atoms. The number of hydrogen-bond donors (Lipinski definition) is 2. The van der Waals surface area contributed by atoms with Crippen LogP contribution in [-0.4, -0.2) is 5.78 Å². The molecule has 2 aromatic carbocycles. The third kappa shape index (κ3) is 3.11. The number of halogens is 1. The Bertz CT molecular complexity index is 868. The third-order valence-corrected chi connectivity index (χ3v) is 5.45. The van der Waals surface area contributed by atoms with Gasteiger partial charge < -0.3 is 10.6 Å². The predicted octanol–water partition coefficient (Wildman–Crippen LogP) is 5.67. The molecule has 2 aromatic rings. The highest BCUT2D eigenvalue weighted by molar-refractivity contribution is 9.10. The Hall–Kier alpha value is -2.07. The second-order valence-electron chi connectivity index (χ2n) is 7.63. The van der Waals surface area contributed by atoms with Gasteiger partial charge in [-0.15, -0.1) is 0 Å². The topological polar surface area (TPSA) is 41.1 Å². The van der Waals surface area contributed by atoms with E-state index in [1.165, 1.54) is 0 Å². The zero-order chi connectivity index (χ0) is 17.6. The van der Waals surface area contributed by atoms with Crippen molar-refractivity contribution in [2.24, 2.45) is 5.41 Å². The van der Waals surface area contributed by atoms with E-state index in [1.807, 2.05) is 24.3 Å². The van der Waals surface area contributed by atoms with Gasteiger partial charge in [0.1, 0.15) is 0 Å². The number of anilines is 2. The van der Waals surface area contributed by atoms with Crippen LogP contribution in [0.25, 0.3) is 0 Å². The fourth-order valence-corrected chi connectivity index (χ4v) is 4.06. The van der Waals surface area contributed by atoms with Crippen LogP contribution in [0.1, 0.15) is 38.3 Å². The Morgan fingerprint density at radius 3 is 2.40 bits per heavy atom. The lowest BCUT2D eigenvalue weighted by molar-refractivity contribution is -0.118. The number of Topliss-reactive ketones (excluding diaryl/α,β-unsaturated/α-hetero) is 1. The number of nitrogens with one attached hydrogen (secondary N) is 2. The fourth-order valence-electron chi connectivity index (χ4n) is 3.79. The van der Waals surface area contributed by atoms with Crippen LogP contribution in [0.3, 0.4) is 0 Å². The number of para-hydroxylation sites is 2. The van der Waals surface area contributed by atoms with Crippen LogP contribution in [0.5, 0.6) is 0 Å². The number of benzene rings is 2. The highest BCUT2D eigenvalue weighted by Gasteiger charge is 2.38.